The number of hydrogen-bond acceptors (Lipinski definition) is 3. The number of unbranched alkanes of at least 4 members (excludes halogenated alkanes) is 1. The zero-order valence-electron chi connectivity index (χ0n) is 16.6. The summed E-state index contributed by atoms with van der Waals surface area (Å²) < 4.78 is 5.64. The van der Waals surface area contributed by atoms with Crippen LogP contribution in [0.4, 0.5) is 11.4 Å². The lowest BCUT2D eigenvalue weighted by atomic mass is 10.1. The molecule has 0 bridgehead atoms. The highest BCUT2D eigenvalue weighted by atomic mass is 16.5. The molecule has 0 aliphatic carbocycles. The molecule has 0 saturated carbocycles. The number of nitrogens with one attached hydrogen (secondary N) is 1. The van der Waals surface area contributed by atoms with E-state index < -0.39 is 0 Å². The maximum atomic E-state index is 12.6. The van der Waals surface area contributed by atoms with Crippen molar-refractivity contribution in [3.05, 3.63) is 54.1 Å². The van der Waals surface area contributed by atoms with Gasteiger partial charge in [0.1, 0.15) is 5.75 Å². The third-order valence-corrected chi connectivity index (χ3v) is 5.04. The SMILES string of the molecule is CCCCOc1ccc(NC(=O)C2CC(=O)N(c3ccc(CC)cc3)C2)cc1. The summed E-state index contributed by atoms with van der Waals surface area (Å²) in [7, 11) is 0. The van der Waals surface area contributed by atoms with Gasteiger partial charge in [0.15, 0.2) is 0 Å². The van der Waals surface area contributed by atoms with Crippen LogP contribution in [0, 0.1) is 5.92 Å². The van der Waals surface area contributed by atoms with Crippen molar-refractivity contribution in [3.8, 4) is 5.75 Å². The van der Waals surface area contributed by atoms with Crippen molar-refractivity contribution >= 4 is 23.2 Å². The van der Waals surface area contributed by atoms with Crippen LogP contribution in [0.25, 0.3) is 0 Å². The number of hydrogen-bond donors (Lipinski definition) is 1. The van der Waals surface area contributed by atoms with Crippen molar-refractivity contribution < 1.29 is 14.3 Å². The van der Waals surface area contributed by atoms with Crippen LogP contribution in [0.1, 0.15) is 38.7 Å². The van der Waals surface area contributed by atoms with Gasteiger partial charge in [-0.1, -0.05) is 32.4 Å². The highest BCUT2D eigenvalue weighted by Crippen LogP contribution is 2.27. The molecule has 1 unspecified atom stereocenters. The Morgan fingerprint density at radius 1 is 1.11 bits per heavy atom. The summed E-state index contributed by atoms with van der Waals surface area (Å²) in [4.78, 5) is 26.7. The highest BCUT2D eigenvalue weighted by Gasteiger charge is 2.35. The molecular formula is C23H28N2O3. The monoisotopic (exact) mass is 380 g/mol. The van der Waals surface area contributed by atoms with E-state index in [9.17, 15) is 9.59 Å². The Morgan fingerprint density at radius 3 is 2.46 bits per heavy atom. The number of nitrogens with zero attached hydrogens (tertiary/aromatic N) is 1. The molecule has 1 aliphatic heterocycles. The standard InChI is InChI=1S/C23H28N2O3/c1-3-5-14-28-21-12-8-19(9-13-21)24-23(27)18-15-22(26)25(16-18)20-10-6-17(4-2)7-11-20/h6-13,18H,3-5,14-16H2,1-2H3,(H,24,27). The van der Waals surface area contributed by atoms with Gasteiger partial charge in [-0.25, -0.2) is 0 Å². The summed E-state index contributed by atoms with van der Waals surface area (Å²) in [6.07, 6.45) is 3.31. The highest BCUT2D eigenvalue weighted by molar-refractivity contribution is 6.03. The molecule has 2 aromatic rings. The average Bonchev–Trinajstić information content (AvgIpc) is 3.11. The maximum absolute atomic E-state index is 12.6. The molecule has 28 heavy (non-hydrogen) atoms. The first-order valence-electron chi connectivity index (χ1n) is 10.0. The van der Waals surface area contributed by atoms with E-state index in [1.165, 1.54) is 5.56 Å². The second kappa shape index (κ2) is 9.40. The predicted octanol–water partition coefficient (Wildman–Crippen LogP) is 4.42. The zero-order valence-corrected chi connectivity index (χ0v) is 16.6. The van der Waals surface area contributed by atoms with E-state index >= 15 is 0 Å². The molecule has 5 nitrogen and oxygen atoms in total. The Kier molecular flexibility index (Phi) is 6.69. The summed E-state index contributed by atoms with van der Waals surface area (Å²) in [6, 6.07) is 15.3. The molecule has 2 amide bonds. The van der Waals surface area contributed by atoms with E-state index in [1.54, 1.807) is 4.90 Å². The van der Waals surface area contributed by atoms with Crippen LogP contribution < -0.4 is 15.0 Å². The van der Waals surface area contributed by atoms with Crippen LogP contribution in [0.2, 0.25) is 0 Å². The molecule has 0 aromatic heterocycles. The second-order valence-electron chi connectivity index (χ2n) is 7.14. The fourth-order valence-corrected chi connectivity index (χ4v) is 3.26. The second-order valence-corrected chi connectivity index (χ2v) is 7.14. The summed E-state index contributed by atoms with van der Waals surface area (Å²) in [6.45, 7) is 5.33. The number of rotatable bonds is 8. The van der Waals surface area contributed by atoms with Crippen LogP contribution in [-0.2, 0) is 16.0 Å². The fraction of sp³-hybridized carbons (Fsp3) is 0.391. The van der Waals surface area contributed by atoms with Crippen molar-refractivity contribution in [1.82, 2.24) is 0 Å². The Labute approximate surface area is 166 Å². The lowest BCUT2D eigenvalue weighted by Crippen LogP contribution is -2.28. The number of anilines is 2. The minimum Gasteiger partial charge on any atom is -0.494 e. The van der Waals surface area contributed by atoms with Gasteiger partial charge in [0.05, 0.1) is 12.5 Å². The van der Waals surface area contributed by atoms with E-state index in [0.29, 0.717) is 18.8 Å². The third kappa shape index (κ3) is 4.91. The minimum absolute atomic E-state index is 0.0101. The topological polar surface area (TPSA) is 58.6 Å². The van der Waals surface area contributed by atoms with Gasteiger partial charge >= 0.3 is 0 Å². The Balaban J connectivity index is 1.56. The van der Waals surface area contributed by atoms with Crippen molar-refractivity contribution in [3.63, 3.8) is 0 Å². The molecular weight excluding hydrogens is 352 g/mol. The van der Waals surface area contributed by atoms with Gasteiger partial charge in [-0.05, 0) is 54.8 Å². The molecule has 1 N–H and O–H groups in total. The van der Waals surface area contributed by atoms with E-state index in [1.807, 2.05) is 48.5 Å². The molecule has 1 saturated heterocycles. The largest absolute Gasteiger partial charge is 0.494 e. The van der Waals surface area contributed by atoms with Gasteiger partial charge in [-0.2, -0.15) is 0 Å². The minimum atomic E-state index is -0.348. The molecule has 148 valence electrons. The first kappa shape index (κ1) is 19.9. The first-order valence-corrected chi connectivity index (χ1v) is 10.0. The molecule has 1 heterocycles. The first-order chi connectivity index (χ1) is 13.6. The average molecular weight is 380 g/mol. The third-order valence-electron chi connectivity index (χ3n) is 5.04. The number of carbonyl (C=O) groups is 2. The molecule has 1 aliphatic rings. The van der Waals surface area contributed by atoms with Gasteiger partial charge in [0.25, 0.3) is 0 Å². The Bertz CT molecular complexity index is 800. The summed E-state index contributed by atoms with van der Waals surface area (Å²) in [5.74, 6) is 0.313. The van der Waals surface area contributed by atoms with Gasteiger partial charge in [-0.15, -0.1) is 0 Å². The van der Waals surface area contributed by atoms with Gasteiger partial charge < -0.3 is 15.0 Å². The molecule has 0 spiro atoms. The number of amides is 2. The molecule has 5 heteroatoms. The van der Waals surface area contributed by atoms with E-state index in [2.05, 4.69) is 19.2 Å². The summed E-state index contributed by atoms with van der Waals surface area (Å²) in [5, 5.41) is 2.92. The Hall–Kier alpha value is -2.82. The zero-order chi connectivity index (χ0) is 19.9. The lowest BCUT2D eigenvalue weighted by molar-refractivity contribution is -0.122. The van der Waals surface area contributed by atoms with Crippen molar-refractivity contribution in [2.24, 2.45) is 5.92 Å². The molecule has 3 rings (SSSR count). The molecule has 0 radical (unpaired) electrons. The van der Waals surface area contributed by atoms with E-state index in [4.69, 9.17) is 4.74 Å². The van der Waals surface area contributed by atoms with Crippen LogP contribution >= 0.6 is 0 Å². The van der Waals surface area contributed by atoms with E-state index in [-0.39, 0.29) is 24.2 Å². The van der Waals surface area contributed by atoms with Crippen molar-refractivity contribution in [2.45, 2.75) is 39.5 Å². The van der Waals surface area contributed by atoms with E-state index in [0.717, 1.165) is 30.7 Å². The summed E-state index contributed by atoms with van der Waals surface area (Å²) in [5.41, 5.74) is 2.80. The lowest BCUT2D eigenvalue weighted by Gasteiger charge is -2.17. The Morgan fingerprint density at radius 2 is 1.82 bits per heavy atom. The van der Waals surface area contributed by atoms with Crippen LogP contribution in [0.3, 0.4) is 0 Å². The quantitative estimate of drug-likeness (QED) is 0.690. The summed E-state index contributed by atoms with van der Waals surface area (Å²) >= 11 is 0. The number of ether oxygens (including phenoxy) is 1. The normalized spacial score (nSPS) is 16.3. The number of benzene rings is 2. The number of carbonyl (C=O) groups excluding carboxylic acids is 2. The van der Waals surface area contributed by atoms with Gasteiger partial charge in [-0.3, -0.25) is 9.59 Å². The van der Waals surface area contributed by atoms with Crippen LogP contribution in [-0.4, -0.2) is 25.0 Å². The number of aryl methyl sites for hydroxylation is 1. The fourth-order valence-electron chi connectivity index (χ4n) is 3.26. The molecule has 1 fully saturated rings. The van der Waals surface area contributed by atoms with Crippen LogP contribution in [0.5, 0.6) is 5.75 Å². The van der Waals surface area contributed by atoms with Crippen molar-refractivity contribution in [2.75, 3.05) is 23.4 Å². The van der Waals surface area contributed by atoms with Crippen LogP contribution in [0.15, 0.2) is 48.5 Å². The van der Waals surface area contributed by atoms with Gasteiger partial charge in [0.2, 0.25) is 11.8 Å². The van der Waals surface area contributed by atoms with Crippen molar-refractivity contribution in [1.29, 1.82) is 0 Å². The molecule has 2 aromatic carbocycles. The smallest absolute Gasteiger partial charge is 0.229 e. The molecule has 1 atom stereocenters. The maximum Gasteiger partial charge on any atom is 0.229 e. The van der Waals surface area contributed by atoms with Gasteiger partial charge in [0, 0.05) is 24.3 Å². The predicted molar refractivity (Wildman–Crippen MR) is 112 cm³/mol.